The lowest BCUT2D eigenvalue weighted by atomic mass is 10.2. The average molecular weight is 156 g/mol. The summed E-state index contributed by atoms with van der Waals surface area (Å²) in [6, 6.07) is 0. The Balaban J connectivity index is 1.96. The zero-order valence-corrected chi connectivity index (χ0v) is 6.99. The van der Waals surface area contributed by atoms with Crippen LogP contribution in [0.2, 0.25) is 0 Å². The largest absolute Gasteiger partial charge is 0.303 e. The Morgan fingerprint density at radius 3 is 2.60 bits per heavy atom. The molecule has 0 radical (unpaired) electrons. The summed E-state index contributed by atoms with van der Waals surface area (Å²) in [6.07, 6.45) is 7.19. The van der Waals surface area contributed by atoms with Crippen molar-refractivity contribution in [3.8, 4) is 0 Å². The van der Waals surface area contributed by atoms with Gasteiger partial charge in [-0.25, -0.2) is 0 Å². The van der Waals surface area contributed by atoms with Crippen LogP contribution in [0.15, 0.2) is 0 Å². The van der Waals surface area contributed by atoms with Gasteiger partial charge < -0.3 is 4.79 Å². The molecule has 0 unspecified atom stereocenters. The maximum Gasteiger partial charge on any atom is 0.123 e. The molecule has 2 atom stereocenters. The molecule has 1 nitrogen and oxygen atoms in total. The van der Waals surface area contributed by atoms with Gasteiger partial charge in [0.1, 0.15) is 6.29 Å². The Bertz CT molecular complexity index is 163. The van der Waals surface area contributed by atoms with Crippen molar-refractivity contribution in [1.29, 1.82) is 0 Å². The summed E-state index contributed by atoms with van der Waals surface area (Å²) in [5, 5.41) is 0. The van der Waals surface area contributed by atoms with E-state index in [2.05, 4.69) is 6.26 Å². The van der Waals surface area contributed by atoms with E-state index < -0.39 is 0 Å². The molecule has 0 aliphatic heterocycles. The van der Waals surface area contributed by atoms with Crippen LogP contribution in [0, 0.1) is 11.8 Å². The fourth-order valence-corrected chi connectivity index (χ4v) is 2.90. The molecule has 0 aromatic carbocycles. The first-order valence-corrected chi connectivity index (χ1v) is 5.05. The van der Waals surface area contributed by atoms with E-state index in [0.29, 0.717) is 10.7 Å². The van der Waals surface area contributed by atoms with Crippen LogP contribution < -0.4 is 0 Å². The second-order valence-corrected chi connectivity index (χ2v) is 4.63. The first-order chi connectivity index (χ1) is 4.82. The lowest BCUT2D eigenvalue weighted by Crippen LogP contribution is -2.06. The summed E-state index contributed by atoms with van der Waals surface area (Å²) in [4.78, 5) is 10.4. The van der Waals surface area contributed by atoms with Crippen LogP contribution in [0.25, 0.3) is 0 Å². The minimum absolute atomic E-state index is 0.426. The van der Waals surface area contributed by atoms with Crippen molar-refractivity contribution >= 4 is 18.0 Å². The first-order valence-electron chi connectivity index (χ1n) is 3.83. The van der Waals surface area contributed by atoms with Gasteiger partial charge in [0.05, 0.1) is 0 Å². The smallest absolute Gasteiger partial charge is 0.123 e. The number of thioether (sulfide) groups is 1. The highest BCUT2D eigenvalue weighted by Crippen LogP contribution is 2.63. The van der Waals surface area contributed by atoms with Crippen molar-refractivity contribution < 1.29 is 4.79 Å². The molecule has 2 aliphatic rings. The number of aldehydes is 1. The molecule has 56 valence electrons. The van der Waals surface area contributed by atoms with E-state index in [1.165, 1.54) is 19.3 Å². The number of hydrogen-bond donors (Lipinski definition) is 0. The highest BCUT2D eigenvalue weighted by molar-refractivity contribution is 8.00. The third-order valence-corrected chi connectivity index (χ3v) is 4.36. The van der Waals surface area contributed by atoms with Crippen molar-refractivity contribution in [2.45, 2.75) is 24.0 Å². The zero-order chi connectivity index (χ0) is 7.19. The van der Waals surface area contributed by atoms with E-state index in [1.807, 2.05) is 11.8 Å². The molecule has 10 heavy (non-hydrogen) atoms. The molecule has 0 N–H and O–H groups in total. The Hall–Kier alpha value is 0.0200. The summed E-state index contributed by atoms with van der Waals surface area (Å²) in [6.45, 7) is 0. The number of rotatable bonds is 3. The number of hydrogen-bond acceptors (Lipinski definition) is 2. The molecule has 0 spiro atoms. The maximum atomic E-state index is 10.4. The number of carbonyl (C=O) groups excluding carboxylic acids is 1. The maximum absolute atomic E-state index is 10.4. The monoisotopic (exact) mass is 156 g/mol. The van der Waals surface area contributed by atoms with Gasteiger partial charge in [0.15, 0.2) is 0 Å². The minimum Gasteiger partial charge on any atom is -0.303 e. The van der Waals surface area contributed by atoms with E-state index in [-0.39, 0.29) is 0 Å². The van der Waals surface area contributed by atoms with Crippen LogP contribution in [-0.4, -0.2) is 17.3 Å². The fourth-order valence-electron chi connectivity index (χ4n) is 1.82. The van der Waals surface area contributed by atoms with E-state index in [9.17, 15) is 4.79 Å². The SMILES string of the molecule is CSC1([C@H]2C[C@@H]2C=O)CC1. The quantitative estimate of drug-likeness (QED) is 0.579. The zero-order valence-electron chi connectivity index (χ0n) is 6.17. The molecular weight excluding hydrogens is 144 g/mol. The molecular formula is C8H12OS. The third-order valence-electron chi connectivity index (χ3n) is 2.84. The summed E-state index contributed by atoms with van der Waals surface area (Å²) in [5.41, 5.74) is 0. The van der Waals surface area contributed by atoms with E-state index >= 15 is 0 Å². The van der Waals surface area contributed by atoms with E-state index in [4.69, 9.17) is 0 Å². The van der Waals surface area contributed by atoms with Gasteiger partial charge in [-0.3, -0.25) is 0 Å². The fraction of sp³-hybridized carbons (Fsp3) is 0.875. The highest BCUT2D eigenvalue weighted by Gasteiger charge is 2.58. The Morgan fingerprint density at radius 2 is 2.30 bits per heavy atom. The number of carbonyl (C=O) groups is 1. The second-order valence-electron chi connectivity index (χ2n) is 3.41. The van der Waals surface area contributed by atoms with Crippen molar-refractivity contribution in [1.82, 2.24) is 0 Å². The van der Waals surface area contributed by atoms with Crippen molar-refractivity contribution in [2.24, 2.45) is 11.8 Å². The topological polar surface area (TPSA) is 17.1 Å². The molecule has 2 heteroatoms. The predicted molar refractivity (Wildman–Crippen MR) is 43.1 cm³/mol. The Labute approximate surface area is 65.6 Å². The Kier molecular flexibility index (Phi) is 1.34. The van der Waals surface area contributed by atoms with Gasteiger partial charge in [-0.05, 0) is 31.4 Å². The van der Waals surface area contributed by atoms with Gasteiger partial charge >= 0.3 is 0 Å². The molecule has 2 fully saturated rings. The van der Waals surface area contributed by atoms with E-state index in [0.717, 1.165) is 12.2 Å². The second kappa shape index (κ2) is 2.00. The van der Waals surface area contributed by atoms with Gasteiger partial charge in [-0.2, -0.15) is 11.8 Å². The summed E-state index contributed by atoms with van der Waals surface area (Å²) >= 11 is 1.97. The van der Waals surface area contributed by atoms with Gasteiger partial charge in [-0.15, -0.1) is 0 Å². The Morgan fingerprint density at radius 1 is 1.60 bits per heavy atom. The van der Waals surface area contributed by atoms with Crippen LogP contribution in [-0.2, 0) is 4.79 Å². The standard InChI is InChI=1S/C8H12OS/c1-10-8(2-3-8)7-4-6(7)5-9/h5-7H,2-4H2,1H3/t6-,7+/m1/s1. The summed E-state index contributed by atoms with van der Waals surface area (Å²) < 4.78 is 0.561. The summed E-state index contributed by atoms with van der Waals surface area (Å²) in [7, 11) is 0. The normalized spacial score (nSPS) is 40.9. The molecule has 0 amide bonds. The molecule has 2 rings (SSSR count). The van der Waals surface area contributed by atoms with Gasteiger partial charge in [-0.1, -0.05) is 0 Å². The molecule has 0 bridgehead atoms. The molecule has 2 saturated carbocycles. The van der Waals surface area contributed by atoms with E-state index in [1.54, 1.807) is 0 Å². The molecule has 0 aromatic heterocycles. The third kappa shape index (κ3) is 0.815. The van der Waals surface area contributed by atoms with Crippen molar-refractivity contribution in [3.05, 3.63) is 0 Å². The molecule has 2 aliphatic carbocycles. The van der Waals surface area contributed by atoms with Crippen molar-refractivity contribution in [3.63, 3.8) is 0 Å². The first kappa shape index (κ1) is 6.71. The molecule has 0 heterocycles. The molecule has 0 saturated heterocycles. The lowest BCUT2D eigenvalue weighted by molar-refractivity contribution is -0.109. The van der Waals surface area contributed by atoms with Gasteiger partial charge in [0.2, 0.25) is 0 Å². The van der Waals surface area contributed by atoms with Gasteiger partial charge in [0, 0.05) is 10.7 Å². The van der Waals surface area contributed by atoms with Crippen LogP contribution in [0.5, 0.6) is 0 Å². The predicted octanol–water partition coefficient (Wildman–Crippen LogP) is 1.72. The van der Waals surface area contributed by atoms with Crippen LogP contribution in [0.1, 0.15) is 19.3 Å². The van der Waals surface area contributed by atoms with Crippen LogP contribution in [0.4, 0.5) is 0 Å². The average Bonchev–Trinajstić information content (AvgIpc) is 2.84. The highest BCUT2D eigenvalue weighted by atomic mass is 32.2. The minimum atomic E-state index is 0.426. The lowest BCUT2D eigenvalue weighted by Gasteiger charge is -2.08. The van der Waals surface area contributed by atoms with Gasteiger partial charge in [0.25, 0.3) is 0 Å². The molecule has 0 aromatic rings. The van der Waals surface area contributed by atoms with Crippen LogP contribution >= 0.6 is 11.8 Å². The summed E-state index contributed by atoms with van der Waals surface area (Å²) in [5.74, 6) is 1.18. The van der Waals surface area contributed by atoms with Crippen LogP contribution in [0.3, 0.4) is 0 Å². The van der Waals surface area contributed by atoms with Crippen molar-refractivity contribution in [2.75, 3.05) is 6.26 Å².